The van der Waals surface area contributed by atoms with Gasteiger partial charge in [-0.15, -0.1) is 0 Å². The number of rotatable bonds is 0. The molecule has 0 spiro atoms. The molecule has 2 aliphatic rings. The Bertz CT molecular complexity index is 543. The topological polar surface area (TPSA) is 17.1 Å². The molecule has 3 rings (SSSR count). The standard InChI is InChI=1S/C13H9ClOS/c14-10-4-5-12-9(7-10)6-8-2-1-3-11(15)13(8)16-12/h1-2,4-5,7H,3,6H2. The fourth-order valence-corrected chi connectivity index (χ4v) is 3.30. The van der Waals surface area contributed by atoms with Crippen molar-refractivity contribution in [3.05, 3.63) is 51.4 Å². The van der Waals surface area contributed by atoms with E-state index in [4.69, 9.17) is 11.6 Å². The fourth-order valence-electron chi connectivity index (χ4n) is 2.02. The van der Waals surface area contributed by atoms with Crippen molar-refractivity contribution >= 4 is 29.1 Å². The van der Waals surface area contributed by atoms with E-state index in [0.29, 0.717) is 6.42 Å². The van der Waals surface area contributed by atoms with Crippen molar-refractivity contribution in [3.63, 3.8) is 0 Å². The predicted octanol–water partition coefficient (Wildman–Crippen LogP) is 3.77. The van der Waals surface area contributed by atoms with E-state index in [1.165, 1.54) is 5.56 Å². The Morgan fingerprint density at radius 3 is 3.06 bits per heavy atom. The molecule has 0 saturated heterocycles. The van der Waals surface area contributed by atoms with E-state index in [9.17, 15) is 4.79 Å². The van der Waals surface area contributed by atoms with Crippen molar-refractivity contribution in [1.82, 2.24) is 0 Å². The van der Waals surface area contributed by atoms with Gasteiger partial charge in [-0.05, 0) is 35.8 Å². The Morgan fingerprint density at radius 2 is 2.19 bits per heavy atom. The summed E-state index contributed by atoms with van der Waals surface area (Å²) in [6, 6.07) is 5.86. The fraction of sp³-hybridized carbons (Fsp3) is 0.154. The van der Waals surface area contributed by atoms with E-state index in [-0.39, 0.29) is 5.78 Å². The van der Waals surface area contributed by atoms with Crippen LogP contribution in [0.3, 0.4) is 0 Å². The van der Waals surface area contributed by atoms with Crippen LogP contribution in [0.5, 0.6) is 0 Å². The number of carbonyl (C=O) groups is 1. The third-order valence-corrected chi connectivity index (χ3v) is 4.33. The number of benzene rings is 1. The normalized spacial score (nSPS) is 18.4. The van der Waals surface area contributed by atoms with Crippen molar-refractivity contribution < 1.29 is 4.79 Å². The van der Waals surface area contributed by atoms with E-state index in [0.717, 1.165) is 26.8 Å². The summed E-state index contributed by atoms with van der Waals surface area (Å²) >= 11 is 7.55. The number of ketones is 1. The highest BCUT2D eigenvalue weighted by Crippen LogP contribution is 2.41. The summed E-state index contributed by atoms with van der Waals surface area (Å²) in [5.41, 5.74) is 2.35. The maximum Gasteiger partial charge on any atom is 0.173 e. The van der Waals surface area contributed by atoms with Gasteiger partial charge in [0.25, 0.3) is 0 Å². The molecular formula is C13H9ClOS. The summed E-state index contributed by atoms with van der Waals surface area (Å²) in [6.45, 7) is 0. The van der Waals surface area contributed by atoms with Gasteiger partial charge in [-0.25, -0.2) is 0 Å². The zero-order valence-corrected chi connectivity index (χ0v) is 10.1. The molecule has 0 radical (unpaired) electrons. The molecule has 1 aliphatic carbocycles. The number of carbonyl (C=O) groups excluding carboxylic acids is 1. The maximum absolute atomic E-state index is 11.7. The molecule has 1 nitrogen and oxygen atoms in total. The number of thioether (sulfide) groups is 1. The van der Waals surface area contributed by atoms with Gasteiger partial charge in [0.15, 0.2) is 5.78 Å². The minimum atomic E-state index is 0.239. The van der Waals surface area contributed by atoms with Crippen LogP contribution in [0.15, 0.2) is 45.7 Å². The summed E-state index contributed by atoms with van der Waals surface area (Å²) in [5, 5.41) is 0.759. The lowest BCUT2D eigenvalue weighted by Gasteiger charge is -2.22. The van der Waals surface area contributed by atoms with Gasteiger partial charge in [0.2, 0.25) is 0 Å². The molecule has 0 amide bonds. The van der Waals surface area contributed by atoms with Gasteiger partial charge in [-0.3, -0.25) is 4.79 Å². The lowest BCUT2D eigenvalue weighted by molar-refractivity contribution is -0.114. The average Bonchev–Trinajstić information content (AvgIpc) is 2.27. The van der Waals surface area contributed by atoms with Crippen LogP contribution in [0.1, 0.15) is 12.0 Å². The first-order valence-corrected chi connectivity index (χ1v) is 6.32. The molecule has 0 atom stereocenters. The van der Waals surface area contributed by atoms with E-state index in [1.54, 1.807) is 11.8 Å². The van der Waals surface area contributed by atoms with Crippen LogP contribution >= 0.6 is 23.4 Å². The van der Waals surface area contributed by atoms with Gasteiger partial charge in [-0.2, -0.15) is 0 Å². The van der Waals surface area contributed by atoms with Crippen molar-refractivity contribution in [3.8, 4) is 0 Å². The molecule has 0 saturated carbocycles. The third kappa shape index (κ3) is 1.62. The molecule has 0 unspecified atom stereocenters. The molecule has 1 aromatic rings. The molecule has 80 valence electrons. The van der Waals surface area contributed by atoms with E-state index in [2.05, 4.69) is 6.08 Å². The predicted molar refractivity (Wildman–Crippen MR) is 66.8 cm³/mol. The van der Waals surface area contributed by atoms with Gasteiger partial charge < -0.3 is 0 Å². The number of hydrogen-bond donors (Lipinski definition) is 0. The van der Waals surface area contributed by atoms with Crippen LogP contribution < -0.4 is 0 Å². The Morgan fingerprint density at radius 1 is 1.31 bits per heavy atom. The van der Waals surface area contributed by atoms with Gasteiger partial charge in [0, 0.05) is 16.3 Å². The van der Waals surface area contributed by atoms with Crippen molar-refractivity contribution in [2.24, 2.45) is 0 Å². The highest BCUT2D eigenvalue weighted by atomic mass is 35.5. The average molecular weight is 249 g/mol. The summed E-state index contributed by atoms with van der Waals surface area (Å²) in [6.07, 6.45) is 5.36. The third-order valence-electron chi connectivity index (χ3n) is 2.78. The minimum absolute atomic E-state index is 0.239. The monoisotopic (exact) mass is 248 g/mol. The number of halogens is 1. The second kappa shape index (κ2) is 3.79. The lowest BCUT2D eigenvalue weighted by atomic mass is 9.98. The molecule has 0 aromatic heterocycles. The summed E-state index contributed by atoms with van der Waals surface area (Å²) in [4.78, 5) is 13.8. The molecular weight excluding hydrogens is 240 g/mol. The Hall–Kier alpha value is -0.990. The van der Waals surface area contributed by atoms with Crippen molar-refractivity contribution in [2.45, 2.75) is 17.7 Å². The van der Waals surface area contributed by atoms with E-state index >= 15 is 0 Å². The molecule has 1 aromatic carbocycles. The van der Waals surface area contributed by atoms with E-state index < -0.39 is 0 Å². The van der Waals surface area contributed by atoms with Crippen LogP contribution in [0.2, 0.25) is 5.02 Å². The second-order valence-corrected chi connectivity index (χ2v) is 5.40. The maximum atomic E-state index is 11.7. The summed E-state index contributed by atoms with van der Waals surface area (Å²) in [7, 11) is 0. The molecule has 1 heterocycles. The van der Waals surface area contributed by atoms with Crippen molar-refractivity contribution in [2.75, 3.05) is 0 Å². The molecule has 0 bridgehead atoms. The van der Waals surface area contributed by atoms with Crippen LogP contribution in [0, 0.1) is 0 Å². The number of fused-ring (bicyclic) bond motifs is 1. The number of allylic oxidation sites excluding steroid dienone is 4. The quantitative estimate of drug-likeness (QED) is 0.695. The van der Waals surface area contributed by atoms with Crippen molar-refractivity contribution in [1.29, 1.82) is 0 Å². The summed E-state index contributed by atoms with van der Waals surface area (Å²) in [5.74, 6) is 0.239. The molecule has 16 heavy (non-hydrogen) atoms. The first-order valence-electron chi connectivity index (χ1n) is 5.13. The Labute approximate surface area is 103 Å². The lowest BCUT2D eigenvalue weighted by Crippen LogP contribution is -2.11. The van der Waals surface area contributed by atoms with Crippen LogP contribution in [-0.2, 0) is 11.2 Å². The molecule has 0 fully saturated rings. The van der Waals surface area contributed by atoms with Crippen LogP contribution in [0.25, 0.3) is 0 Å². The van der Waals surface area contributed by atoms with Crippen LogP contribution in [0.4, 0.5) is 0 Å². The minimum Gasteiger partial charge on any atom is -0.293 e. The van der Waals surface area contributed by atoms with Gasteiger partial charge >= 0.3 is 0 Å². The van der Waals surface area contributed by atoms with Gasteiger partial charge in [0.05, 0.1) is 4.91 Å². The summed E-state index contributed by atoms with van der Waals surface area (Å²) < 4.78 is 0. The highest BCUT2D eigenvalue weighted by molar-refractivity contribution is 8.04. The molecule has 3 heteroatoms. The first kappa shape index (κ1) is 10.2. The smallest absolute Gasteiger partial charge is 0.173 e. The highest BCUT2D eigenvalue weighted by Gasteiger charge is 2.24. The molecule has 1 aliphatic heterocycles. The Kier molecular flexibility index (Phi) is 2.41. The zero-order chi connectivity index (χ0) is 11.1. The van der Waals surface area contributed by atoms with Gasteiger partial charge in [0.1, 0.15) is 0 Å². The number of hydrogen-bond acceptors (Lipinski definition) is 2. The van der Waals surface area contributed by atoms with Gasteiger partial charge in [-0.1, -0.05) is 35.5 Å². The number of Topliss-reactive ketones (excluding diaryl/α,β-unsaturated/α-hetero) is 1. The second-order valence-electron chi connectivity index (χ2n) is 3.91. The largest absolute Gasteiger partial charge is 0.293 e. The van der Waals surface area contributed by atoms with E-state index in [1.807, 2.05) is 24.3 Å². The first-order chi connectivity index (χ1) is 7.74. The molecule has 0 N–H and O–H groups in total. The zero-order valence-electron chi connectivity index (χ0n) is 8.50. The Balaban J connectivity index is 2.07. The van der Waals surface area contributed by atoms with Crippen LogP contribution in [-0.4, -0.2) is 5.78 Å². The SMILES string of the molecule is O=C1CC=CC2=C1Sc1ccc(Cl)cc1C2.